The third kappa shape index (κ3) is 8.08. The highest BCUT2D eigenvalue weighted by Crippen LogP contribution is 2.41. The number of pyridine rings is 1. The van der Waals surface area contributed by atoms with E-state index in [9.17, 15) is 22.8 Å². The van der Waals surface area contributed by atoms with Gasteiger partial charge in [0, 0.05) is 41.9 Å². The summed E-state index contributed by atoms with van der Waals surface area (Å²) in [7, 11) is -0.503. The van der Waals surface area contributed by atoms with Crippen LogP contribution >= 0.6 is 11.3 Å². The predicted octanol–water partition coefficient (Wildman–Crippen LogP) is 5.89. The lowest BCUT2D eigenvalue weighted by atomic mass is 9.84. The third-order valence-corrected chi connectivity index (χ3v) is 13.7. The molecule has 12 nitrogen and oxygen atoms in total. The number of carbonyl (C=O) groups is 3. The van der Waals surface area contributed by atoms with Gasteiger partial charge in [-0.1, -0.05) is 32.9 Å². The first-order valence-electron chi connectivity index (χ1n) is 18.5. The average molecular weight is 766 g/mol. The van der Waals surface area contributed by atoms with Gasteiger partial charge in [0.25, 0.3) is 5.91 Å². The number of benzene rings is 1. The monoisotopic (exact) mass is 765 g/mol. The summed E-state index contributed by atoms with van der Waals surface area (Å²) >= 11 is 1.51. The fraction of sp³-hybridized carbons (Fsp3) is 0.564. The Hall–Kier alpha value is -4.04. The Kier molecular flexibility index (Phi) is 11.2. The van der Waals surface area contributed by atoms with Crippen molar-refractivity contribution in [3.63, 3.8) is 0 Å². The normalized spacial score (nSPS) is 26.5. The van der Waals surface area contributed by atoms with Crippen molar-refractivity contribution < 1.29 is 32.3 Å². The third-order valence-electron chi connectivity index (χ3n) is 11.0. The van der Waals surface area contributed by atoms with Crippen LogP contribution in [0.4, 0.5) is 0 Å². The van der Waals surface area contributed by atoms with Crippen LogP contribution in [0.2, 0.25) is 0 Å². The Bertz CT molecular complexity index is 2020. The van der Waals surface area contributed by atoms with Gasteiger partial charge in [-0.25, -0.2) is 18.4 Å². The zero-order chi connectivity index (χ0) is 38.2. The summed E-state index contributed by atoms with van der Waals surface area (Å²) in [6.45, 7) is 10.0. The minimum absolute atomic E-state index is 0.163. The maximum atomic E-state index is 14.4. The van der Waals surface area contributed by atoms with Crippen molar-refractivity contribution in [1.29, 1.82) is 0 Å². The highest BCUT2D eigenvalue weighted by atomic mass is 32.2. The first-order valence-corrected chi connectivity index (χ1v) is 21.0. The van der Waals surface area contributed by atoms with Crippen LogP contribution in [0.25, 0.3) is 21.6 Å². The van der Waals surface area contributed by atoms with E-state index in [0.29, 0.717) is 48.5 Å². The SMILES string of the molecule is COc1ccc2c(O[C@H]3CC4C(=O)N(C)CCCC/C=C\[C@H](C)[C@](C)(C(=O)NS(=O)(=O)C5CC5)NC(=O)[C@@H]4C3)cc(-c3nc(C(C)C)cs3)nc2c1C. The van der Waals surface area contributed by atoms with Gasteiger partial charge in [0.2, 0.25) is 21.8 Å². The summed E-state index contributed by atoms with van der Waals surface area (Å²) in [6.07, 6.45) is 7.06. The molecule has 2 saturated carbocycles. The van der Waals surface area contributed by atoms with E-state index in [1.54, 1.807) is 32.9 Å². The van der Waals surface area contributed by atoms with Gasteiger partial charge in [-0.15, -0.1) is 11.3 Å². The fourth-order valence-electron chi connectivity index (χ4n) is 7.23. The van der Waals surface area contributed by atoms with Crippen molar-refractivity contribution in [1.82, 2.24) is 24.9 Å². The Morgan fingerprint density at radius 1 is 1.11 bits per heavy atom. The first-order chi connectivity index (χ1) is 25.1. The number of sulfonamides is 1. The summed E-state index contributed by atoms with van der Waals surface area (Å²) < 4.78 is 40.4. The Labute approximate surface area is 316 Å². The van der Waals surface area contributed by atoms with E-state index in [1.807, 2.05) is 42.7 Å². The molecule has 1 aliphatic heterocycles. The number of fused-ring (bicyclic) bond motifs is 2. The summed E-state index contributed by atoms with van der Waals surface area (Å²) in [5, 5.41) is 5.88. The number of rotatable bonds is 8. The lowest BCUT2D eigenvalue weighted by Crippen LogP contribution is -2.62. The van der Waals surface area contributed by atoms with Gasteiger partial charge in [-0.2, -0.15) is 0 Å². The van der Waals surface area contributed by atoms with Crippen molar-refractivity contribution >= 4 is 50.0 Å². The van der Waals surface area contributed by atoms with Crippen LogP contribution in [0.15, 0.2) is 35.7 Å². The van der Waals surface area contributed by atoms with Crippen LogP contribution in [-0.2, 0) is 24.4 Å². The Morgan fingerprint density at radius 2 is 1.85 bits per heavy atom. The molecule has 14 heteroatoms. The molecule has 2 fully saturated rings. The van der Waals surface area contributed by atoms with Crippen LogP contribution in [0.3, 0.4) is 0 Å². The van der Waals surface area contributed by atoms with E-state index in [4.69, 9.17) is 19.4 Å². The van der Waals surface area contributed by atoms with Gasteiger partial charge in [-0.05, 0) is 76.8 Å². The second-order valence-electron chi connectivity index (χ2n) is 15.3. The molecule has 53 heavy (non-hydrogen) atoms. The second-order valence-corrected chi connectivity index (χ2v) is 18.1. The zero-order valence-corrected chi connectivity index (χ0v) is 33.2. The number of nitrogens with zero attached hydrogens (tertiary/aromatic N) is 3. The number of hydrogen-bond acceptors (Lipinski definition) is 10. The zero-order valence-electron chi connectivity index (χ0n) is 31.6. The predicted molar refractivity (Wildman–Crippen MR) is 205 cm³/mol. The summed E-state index contributed by atoms with van der Waals surface area (Å²) in [5.41, 5.74) is 1.56. The molecule has 2 N–H and O–H groups in total. The molecule has 3 heterocycles. The largest absolute Gasteiger partial charge is 0.496 e. The second kappa shape index (κ2) is 15.4. The van der Waals surface area contributed by atoms with Crippen LogP contribution in [0.1, 0.15) is 89.8 Å². The van der Waals surface area contributed by atoms with Crippen molar-refractivity contribution in [3.8, 4) is 22.2 Å². The summed E-state index contributed by atoms with van der Waals surface area (Å²) in [5.74, 6) is -2.05. The molecule has 1 aromatic carbocycles. The summed E-state index contributed by atoms with van der Waals surface area (Å²) in [6, 6.07) is 5.65. The highest BCUT2D eigenvalue weighted by molar-refractivity contribution is 7.91. The molecule has 5 atom stereocenters. The molecular weight excluding hydrogens is 715 g/mol. The van der Waals surface area contributed by atoms with Crippen LogP contribution in [0, 0.1) is 24.7 Å². The van der Waals surface area contributed by atoms with E-state index in [2.05, 4.69) is 23.9 Å². The number of allylic oxidation sites excluding steroid dienone is 1. The Morgan fingerprint density at radius 3 is 2.53 bits per heavy atom. The van der Waals surface area contributed by atoms with Gasteiger partial charge in [0.15, 0.2) is 0 Å². The average Bonchev–Trinajstić information content (AvgIpc) is 3.72. The molecule has 2 aliphatic carbocycles. The number of carbonyl (C=O) groups excluding carboxylic acids is 3. The molecule has 0 saturated heterocycles. The molecule has 6 rings (SSSR count). The van der Waals surface area contributed by atoms with E-state index in [1.165, 1.54) is 11.3 Å². The van der Waals surface area contributed by atoms with Gasteiger partial charge in [0.05, 0.1) is 35.4 Å². The van der Waals surface area contributed by atoms with E-state index >= 15 is 0 Å². The number of amides is 3. The van der Waals surface area contributed by atoms with Crippen molar-refractivity contribution in [2.24, 2.45) is 17.8 Å². The molecule has 0 spiro atoms. The Balaban J connectivity index is 1.35. The summed E-state index contributed by atoms with van der Waals surface area (Å²) in [4.78, 5) is 53.8. The van der Waals surface area contributed by atoms with Gasteiger partial charge in [0.1, 0.15) is 33.8 Å². The van der Waals surface area contributed by atoms with E-state index < -0.39 is 56.5 Å². The first kappa shape index (κ1) is 38.7. The molecule has 3 amide bonds. The number of nitrogens with one attached hydrogen (secondary N) is 2. The van der Waals surface area contributed by atoms with Crippen molar-refractivity contribution in [2.75, 3.05) is 20.7 Å². The number of thiazole rings is 1. The molecular formula is C39H51N5O7S2. The maximum Gasteiger partial charge on any atom is 0.259 e. The van der Waals surface area contributed by atoms with Crippen LogP contribution in [0.5, 0.6) is 11.5 Å². The van der Waals surface area contributed by atoms with E-state index in [-0.39, 0.29) is 24.7 Å². The molecule has 3 aliphatic rings. The molecule has 2 aromatic heterocycles. The maximum absolute atomic E-state index is 14.4. The number of aromatic nitrogens is 2. The molecule has 3 aromatic rings. The van der Waals surface area contributed by atoms with Gasteiger partial charge < -0.3 is 19.7 Å². The number of hydrogen-bond donors (Lipinski definition) is 2. The standard InChI is InChI=1S/C39H51N5O7S2/c1-22(2)31-21-52-36(41-31)30-20-33(27-15-16-32(50-7)24(4)34(27)40-30)51-25-18-28-29(19-25)37(46)44(6)17-11-9-8-10-12-23(3)39(5,42-35(28)45)38(47)43-53(48,49)26-13-14-26/h10,12,15-16,20-23,25-26,28-29H,8-9,11,13-14,17-19H2,1-7H3,(H,42,45)(H,43,47)/b12-10-/t23-,25+,28+,29?,39+/m0/s1. The number of methoxy groups -OCH3 is 1. The molecule has 1 unspecified atom stereocenters. The lowest BCUT2D eigenvalue weighted by Gasteiger charge is -2.35. The fourth-order valence-corrected chi connectivity index (χ4v) is 9.56. The minimum Gasteiger partial charge on any atom is -0.496 e. The minimum atomic E-state index is -3.88. The van der Waals surface area contributed by atoms with Gasteiger partial charge in [-0.3, -0.25) is 19.1 Å². The van der Waals surface area contributed by atoms with Gasteiger partial charge >= 0.3 is 0 Å². The van der Waals surface area contributed by atoms with Crippen LogP contribution < -0.4 is 19.5 Å². The quantitative estimate of drug-likeness (QED) is 0.267. The van der Waals surface area contributed by atoms with Crippen molar-refractivity contribution in [2.45, 2.75) is 102 Å². The lowest BCUT2D eigenvalue weighted by molar-refractivity contribution is -0.142. The number of aryl methyl sites for hydroxylation is 1. The van der Waals surface area contributed by atoms with Crippen molar-refractivity contribution in [3.05, 3.63) is 47.0 Å². The molecule has 286 valence electrons. The van der Waals surface area contributed by atoms with E-state index in [0.717, 1.165) is 34.5 Å². The number of ether oxygens (including phenoxy) is 2. The smallest absolute Gasteiger partial charge is 0.259 e. The molecule has 0 radical (unpaired) electrons. The highest BCUT2D eigenvalue weighted by Gasteiger charge is 2.49. The van der Waals surface area contributed by atoms with Crippen LogP contribution in [-0.4, -0.2) is 78.6 Å². The molecule has 0 bridgehead atoms. The topological polar surface area (TPSA) is 157 Å².